The maximum absolute atomic E-state index is 14.3. The summed E-state index contributed by atoms with van der Waals surface area (Å²) in [6.07, 6.45) is 1.04. The van der Waals surface area contributed by atoms with Gasteiger partial charge in [0.25, 0.3) is 10.0 Å². The van der Waals surface area contributed by atoms with E-state index < -0.39 is 28.5 Å². The zero-order chi connectivity index (χ0) is 32.4. The molecule has 0 aliphatic rings. The van der Waals surface area contributed by atoms with Crippen molar-refractivity contribution in [2.75, 3.05) is 38.7 Å². The summed E-state index contributed by atoms with van der Waals surface area (Å²) in [5, 5.41) is 3.12. The lowest BCUT2D eigenvalue weighted by Crippen LogP contribution is -2.52. The van der Waals surface area contributed by atoms with E-state index in [9.17, 15) is 18.0 Å². The molecule has 1 N–H and O–H groups in total. The Morgan fingerprint density at radius 1 is 0.909 bits per heavy atom. The number of benzene rings is 3. The predicted molar refractivity (Wildman–Crippen MR) is 171 cm³/mol. The molecule has 0 saturated carbocycles. The van der Waals surface area contributed by atoms with Crippen LogP contribution in [0.25, 0.3) is 0 Å². The molecule has 0 aliphatic heterocycles. The van der Waals surface area contributed by atoms with Crippen LogP contribution in [0.3, 0.4) is 0 Å². The number of halogens is 1. The van der Waals surface area contributed by atoms with Crippen molar-refractivity contribution < 1.29 is 32.2 Å². The largest absolute Gasteiger partial charge is 0.495 e. The lowest BCUT2D eigenvalue weighted by atomic mass is 10.1. The van der Waals surface area contributed by atoms with Crippen molar-refractivity contribution >= 4 is 39.1 Å². The van der Waals surface area contributed by atoms with Gasteiger partial charge in [-0.2, -0.15) is 0 Å². The topological polar surface area (TPSA) is 114 Å². The molecule has 0 radical (unpaired) electrons. The predicted octanol–water partition coefficient (Wildman–Crippen LogP) is 5.20. The molecule has 3 aromatic carbocycles. The molecule has 44 heavy (non-hydrogen) atoms. The van der Waals surface area contributed by atoms with E-state index in [0.29, 0.717) is 18.7 Å². The van der Waals surface area contributed by atoms with Gasteiger partial charge in [0.15, 0.2) is 11.5 Å². The van der Waals surface area contributed by atoms with Gasteiger partial charge >= 0.3 is 0 Å². The van der Waals surface area contributed by atoms with E-state index >= 15 is 0 Å². The standard InChI is InChI=1S/C32H40ClN3O7S/c1-7-17-34-32(38)26(8-2)35(20-23-12-10-9-11-22(23)3)31(37)21-36(27-18-24(33)13-15-28(27)41-4)44(39,40)25-14-16-29(42-5)30(19-25)43-6/h9-16,18-19,26H,7-8,17,20-21H2,1-6H3,(H,34,38). The van der Waals surface area contributed by atoms with E-state index in [4.69, 9.17) is 25.8 Å². The number of methoxy groups -OCH3 is 3. The maximum Gasteiger partial charge on any atom is 0.265 e. The molecule has 10 nitrogen and oxygen atoms in total. The molecule has 3 aromatic rings. The van der Waals surface area contributed by atoms with Crippen molar-refractivity contribution in [1.82, 2.24) is 10.2 Å². The van der Waals surface area contributed by atoms with Gasteiger partial charge in [0, 0.05) is 24.2 Å². The summed E-state index contributed by atoms with van der Waals surface area (Å²) in [6, 6.07) is 15.3. The first-order valence-corrected chi connectivity index (χ1v) is 16.0. The van der Waals surface area contributed by atoms with Crippen LogP contribution < -0.4 is 23.8 Å². The third-order valence-corrected chi connectivity index (χ3v) is 9.16. The van der Waals surface area contributed by atoms with Crippen LogP contribution in [0.2, 0.25) is 5.02 Å². The first-order valence-electron chi connectivity index (χ1n) is 14.2. The minimum atomic E-state index is -4.43. The fraction of sp³-hybridized carbons (Fsp3) is 0.375. The van der Waals surface area contributed by atoms with Crippen LogP contribution in [0.4, 0.5) is 5.69 Å². The Morgan fingerprint density at radius 2 is 1.57 bits per heavy atom. The third kappa shape index (κ3) is 7.95. The lowest BCUT2D eigenvalue weighted by Gasteiger charge is -2.34. The minimum absolute atomic E-state index is 0.0578. The van der Waals surface area contributed by atoms with E-state index in [1.165, 1.54) is 56.6 Å². The summed E-state index contributed by atoms with van der Waals surface area (Å²) >= 11 is 6.33. The first-order chi connectivity index (χ1) is 21.0. The second kappa shape index (κ2) is 15.7. The van der Waals surface area contributed by atoms with Gasteiger partial charge in [-0.3, -0.25) is 13.9 Å². The Kier molecular flexibility index (Phi) is 12.3. The minimum Gasteiger partial charge on any atom is -0.495 e. The van der Waals surface area contributed by atoms with Gasteiger partial charge in [-0.25, -0.2) is 8.42 Å². The number of rotatable bonds is 15. The van der Waals surface area contributed by atoms with E-state index in [2.05, 4.69) is 5.32 Å². The zero-order valence-corrected chi connectivity index (χ0v) is 27.5. The molecule has 0 saturated heterocycles. The van der Waals surface area contributed by atoms with Gasteiger partial charge < -0.3 is 24.4 Å². The number of carbonyl (C=O) groups is 2. The lowest BCUT2D eigenvalue weighted by molar-refractivity contribution is -0.140. The fourth-order valence-electron chi connectivity index (χ4n) is 4.73. The Morgan fingerprint density at radius 3 is 2.18 bits per heavy atom. The molecule has 3 rings (SSSR count). The van der Waals surface area contributed by atoms with Crippen molar-refractivity contribution in [1.29, 1.82) is 0 Å². The van der Waals surface area contributed by atoms with Gasteiger partial charge in [-0.05, 0) is 61.2 Å². The second-order valence-corrected chi connectivity index (χ2v) is 12.3. The number of sulfonamides is 1. The van der Waals surface area contributed by atoms with Crippen LogP contribution in [0.15, 0.2) is 65.6 Å². The van der Waals surface area contributed by atoms with Crippen molar-refractivity contribution in [2.45, 2.75) is 51.1 Å². The van der Waals surface area contributed by atoms with Crippen LogP contribution >= 0.6 is 11.6 Å². The summed E-state index contributed by atoms with van der Waals surface area (Å²) < 4.78 is 45.8. The Balaban J connectivity index is 2.18. The highest BCUT2D eigenvalue weighted by Gasteiger charge is 2.35. The molecule has 2 amide bonds. The number of ether oxygens (including phenoxy) is 3. The Labute approximate surface area is 264 Å². The van der Waals surface area contributed by atoms with Gasteiger partial charge in [-0.1, -0.05) is 49.7 Å². The van der Waals surface area contributed by atoms with E-state index in [-0.39, 0.29) is 39.6 Å². The highest BCUT2D eigenvalue weighted by atomic mass is 35.5. The number of aryl methyl sites for hydroxylation is 1. The number of anilines is 1. The highest BCUT2D eigenvalue weighted by molar-refractivity contribution is 7.92. The normalized spacial score (nSPS) is 11.8. The van der Waals surface area contributed by atoms with Gasteiger partial charge in [0.05, 0.1) is 31.9 Å². The SMILES string of the molecule is CCCNC(=O)C(CC)N(Cc1ccccc1C)C(=O)CN(c1cc(Cl)ccc1OC)S(=O)(=O)c1ccc(OC)c(OC)c1. The van der Waals surface area contributed by atoms with Crippen molar-refractivity contribution in [3.8, 4) is 17.2 Å². The van der Waals surface area contributed by atoms with Gasteiger partial charge in [0.2, 0.25) is 11.8 Å². The van der Waals surface area contributed by atoms with Crippen LogP contribution in [0.5, 0.6) is 17.2 Å². The average Bonchev–Trinajstić information content (AvgIpc) is 3.02. The third-order valence-electron chi connectivity index (χ3n) is 7.17. The molecule has 1 unspecified atom stereocenters. The number of carbonyl (C=O) groups excluding carboxylic acids is 2. The highest BCUT2D eigenvalue weighted by Crippen LogP contribution is 2.37. The molecular weight excluding hydrogens is 606 g/mol. The van der Waals surface area contributed by atoms with Crippen LogP contribution in [-0.2, 0) is 26.2 Å². The Bertz CT molecular complexity index is 1570. The first kappa shape index (κ1) is 34.5. The van der Waals surface area contributed by atoms with Crippen LogP contribution in [0.1, 0.15) is 37.8 Å². The Hall–Kier alpha value is -3.96. The molecule has 12 heteroatoms. The van der Waals surface area contributed by atoms with Crippen molar-refractivity contribution in [2.24, 2.45) is 0 Å². The monoisotopic (exact) mass is 645 g/mol. The number of hydrogen-bond acceptors (Lipinski definition) is 7. The average molecular weight is 646 g/mol. The summed E-state index contributed by atoms with van der Waals surface area (Å²) in [5.41, 5.74) is 1.82. The smallest absolute Gasteiger partial charge is 0.265 e. The molecule has 0 bridgehead atoms. The van der Waals surface area contributed by atoms with Crippen LogP contribution in [0, 0.1) is 6.92 Å². The van der Waals surface area contributed by atoms with Crippen molar-refractivity contribution in [3.63, 3.8) is 0 Å². The zero-order valence-electron chi connectivity index (χ0n) is 25.9. The molecule has 0 spiro atoms. The molecule has 238 valence electrons. The second-order valence-electron chi connectivity index (χ2n) is 10.0. The summed E-state index contributed by atoms with van der Waals surface area (Å²) in [7, 11) is -0.194. The number of amides is 2. The molecule has 1 atom stereocenters. The van der Waals surface area contributed by atoms with E-state index in [1.807, 2.05) is 45.0 Å². The summed E-state index contributed by atoms with van der Waals surface area (Å²) in [4.78, 5) is 28.9. The molecule has 0 fully saturated rings. The molecule has 0 aromatic heterocycles. The summed E-state index contributed by atoms with van der Waals surface area (Å²) in [5.74, 6) is -0.186. The van der Waals surface area contributed by atoms with Crippen LogP contribution in [-0.4, -0.2) is 65.6 Å². The number of nitrogens with zero attached hydrogens (tertiary/aromatic N) is 2. The summed E-state index contributed by atoms with van der Waals surface area (Å²) in [6.45, 7) is 5.57. The van der Waals surface area contributed by atoms with Gasteiger partial charge in [-0.15, -0.1) is 0 Å². The number of nitrogens with one attached hydrogen (secondary N) is 1. The fourth-order valence-corrected chi connectivity index (χ4v) is 6.33. The van der Waals surface area contributed by atoms with Crippen molar-refractivity contribution in [3.05, 3.63) is 76.8 Å². The quantitative estimate of drug-likeness (QED) is 0.242. The number of hydrogen-bond donors (Lipinski definition) is 1. The van der Waals surface area contributed by atoms with Gasteiger partial charge in [0.1, 0.15) is 18.3 Å². The van der Waals surface area contributed by atoms with E-state index in [0.717, 1.165) is 21.9 Å². The molecule has 0 heterocycles. The molecule has 0 aliphatic carbocycles. The van der Waals surface area contributed by atoms with E-state index in [1.54, 1.807) is 6.07 Å². The molecular formula is C32H40ClN3O7S. The maximum atomic E-state index is 14.3.